The molecule has 0 aliphatic carbocycles. The molecule has 5 nitrogen and oxygen atoms in total. The molecular formula is C13H21N3O2. The molecule has 0 saturated carbocycles. The minimum atomic E-state index is 0.00425. The van der Waals surface area contributed by atoms with Crippen molar-refractivity contribution in [1.29, 1.82) is 0 Å². The first-order chi connectivity index (χ1) is 8.69. The van der Waals surface area contributed by atoms with Gasteiger partial charge < -0.3 is 21.0 Å². The summed E-state index contributed by atoms with van der Waals surface area (Å²) in [5, 5.41) is 14.8. The van der Waals surface area contributed by atoms with E-state index < -0.39 is 0 Å². The monoisotopic (exact) mass is 251 g/mol. The van der Waals surface area contributed by atoms with E-state index in [0.29, 0.717) is 13.2 Å². The number of hydrogen-bond acceptors (Lipinski definition) is 4. The summed E-state index contributed by atoms with van der Waals surface area (Å²) in [6, 6.07) is 8.11. The number of nitrogens with zero attached hydrogens (tertiary/aromatic N) is 1. The van der Waals surface area contributed by atoms with Crippen LogP contribution in [0.3, 0.4) is 0 Å². The third-order valence-electron chi connectivity index (χ3n) is 2.80. The lowest BCUT2D eigenvalue weighted by Crippen LogP contribution is -2.31. The lowest BCUT2D eigenvalue weighted by molar-refractivity contribution is 0.184. The normalized spacial score (nSPS) is 13.6. The van der Waals surface area contributed by atoms with Crippen molar-refractivity contribution in [3.63, 3.8) is 0 Å². The average molecular weight is 251 g/mol. The molecule has 0 heterocycles. The van der Waals surface area contributed by atoms with Gasteiger partial charge in [0.25, 0.3) is 0 Å². The quantitative estimate of drug-likeness (QED) is 0.295. The fourth-order valence-corrected chi connectivity index (χ4v) is 1.65. The number of oxime groups is 1. The van der Waals surface area contributed by atoms with Crippen LogP contribution in [0.4, 0.5) is 0 Å². The smallest absolute Gasteiger partial charge is 0.143 e. The maximum absolute atomic E-state index is 8.55. The van der Waals surface area contributed by atoms with Crippen LogP contribution in [0.5, 0.6) is 0 Å². The van der Waals surface area contributed by atoms with Crippen molar-refractivity contribution in [3.05, 3.63) is 35.4 Å². The Bertz CT molecular complexity index is 394. The van der Waals surface area contributed by atoms with E-state index in [2.05, 4.69) is 16.5 Å². The fraction of sp³-hybridized carbons (Fsp3) is 0.462. The number of methoxy groups -OCH3 is 1. The zero-order chi connectivity index (χ0) is 13.4. The van der Waals surface area contributed by atoms with E-state index in [1.807, 2.05) is 25.1 Å². The zero-order valence-electron chi connectivity index (χ0n) is 10.9. The molecule has 1 aromatic carbocycles. The van der Waals surface area contributed by atoms with Gasteiger partial charge in [0.05, 0.1) is 6.61 Å². The van der Waals surface area contributed by atoms with E-state index in [-0.39, 0.29) is 11.8 Å². The Labute approximate surface area is 108 Å². The Morgan fingerprint density at radius 2 is 2.11 bits per heavy atom. The first kappa shape index (κ1) is 14.5. The first-order valence-corrected chi connectivity index (χ1v) is 5.93. The SMILES string of the molecule is COCc1ccccc1CNCC(C)C(N)=NO. The number of nitrogens with one attached hydrogen (secondary N) is 1. The Balaban J connectivity index is 2.48. The molecule has 5 heteroatoms. The topological polar surface area (TPSA) is 79.9 Å². The minimum Gasteiger partial charge on any atom is -0.409 e. The highest BCUT2D eigenvalue weighted by Crippen LogP contribution is 2.09. The molecular weight excluding hydrogens is 230 g/mol. The molecule has 0 bridgehead atoms. The molecule has 1 rings (SSSR count). The maximum Gasteiger partial charge on any atom is 0.143 e. The summed E-state index contributed by atoms with van der Waals surface area (Å²) in [7, 11) is 1.69. The van der Waals surface area contributed by atoms with Crippen LogP contribution in [-0.2, 0) is 17.9 Å². The second kappa shape index (κ2) is 7.68. The number of rotatable bonds is 7. The van der Waals surface area contributed by atoms with Gasteiger partial charge in [-0.2, -0.15) is 0 Å². The minimum absolute atomic E-state index is 0.00425. The predicted molar refractivity (Wildman–Crippen MR) is 71.4 cm³/mol. The highest BCUT2D eigenvalue weighted by atomic mass is 16.5. The molecule has 0 aliphatic rings. The predicted octanol–water partition coefficient (Wildman–Crippen LogP) is 1.31. The van der Waals surface area contributed by atoms with Crippen molar-refractivity contribution < 1.29 is 9.94 Å². The van der Waals surface area contributed by atoms with Crippen LogP contribution in [-0.4, -0.2) is 24.7 Å². The molecule has 0 aliphatic heterocycles. The van der Waals surface area contributed by atoms with E-state index in [0.717, 1.165) is 6.54 Å². The molecule has 0 radical (unpaired) electrons. The van der Waals surface area contributed by atoms with Gasteiger partial charge in [-0.15, -0.1) is 0 Å². The van der Waals surface area contributed by atoms with Gasteiger partial charge in [-0.3, -0.25) is 0 Å². The molecule has 0 saturated heterocycles. The second-order valence-corrected chi connectivity index (χ2v) is 4.26. The average Bonchev–Trinajstić information content (AvgIpc) is 2.40. The number of ether oxygens (including phenoxy) is 1. The van der Waals surface area contributed by atoms with E-state index >= 15 is 0 Å². The van der Waals surface area contributed by atoms with E-state index in [4.69, 9.17) is 15.7 Å². The van der Waals surface area contributed by atoms with Crippen LogP contribution < -0.4 is 11.1 Å². The van der Waals surface area contributed by atoms with Crippen molar-refractivity contribution >= 4 is 5.84 Å². The summed E-state index contributed by atoms with van der Waals surface area (Å²) in [5.41, 5.74) is 7.88. The number of nitrogens with two attached hydrogens (primary N) is 1. The molecule has 18 heavy (non-hydrogen) atoms. The molecule has 0 spiro atoms. The van der Waals surface area contributed by atoms with Crippen molar-refractivity contribution in [2.24, 2.45) is 16.8 Å². The van der Waals surface area contributed by atoms with Crippen molar-refractivity contribution in [1.82, 2.24) is 5.32 Å². The number of amidine groups is 1. The van der Waals surface area contributed by atoms with Gasteiger partial charge in [0, 0.05) is 26.1 Å². The highest BCUT2D eigenvalue weighted by molar-refractivity contribution is 5.82. The van der Waals surface area contributed by atoms with Crippen LogP contribution in [0.25, 0.3) is 0 Å². The van der Waals surface area contributed by atoms with Crippen molar-refractivity contribution in [2.75, 3.05) is 13.7 Å². The summed E-state index contributed by atoms with van der Waals surface area (Å²) in [6.45, 7) is 3.91. The van der Waals surface area contributed by atoms with Gasteiger partial charge in [0.2, 0.25) is 0 Å². The molecule has 4 N–H and O–H groups in total. The Morgan fingerprint density at radius 1 is 1.44 bits per heavy atom. The standard InChI is InChI=1S/C13H21N3O2/c1-10(13(14)16-17)7-15-8-11-5-3-4-6-12(11)9-18-2/h3-6,10,15,17H,7-9H2,1-2H3,(H2,14,16). The molecule has 0 aromatic heterocycles. The summed E-state index contributed by atoms with van der Waals surface area (Å²) >= 11 is 0. The van der Waals surface area contributed by atoms with E-state index in [1.165, 1.54) is 11.1 Å². The fourth-order valence-electron chi connectivity index (χ4n) is 1.65. The summed E-state index contributed by atoms with van der Waals surface area (Å²) in [5.74, 6) is 0.247. The second-order valence-electron chi connectivity index (χ2n) is 4.26. The van der Waals surface area contributed by atoms with Crippen molar-refractivity contribution in [3.8, 4) is 0 Å². The third-order valence-corrected chi connectivity index (χ3v) is 2.80. The molecule has 100 valence electrons. The molecule has 0 amide bonds. The molecule has 1 atom stereocenters. The lowest BCUT2D eigenvalue weighted by Gasteiger charge is -2.13. The Hall–Kier alpha value is -1.59. The van der Waals surface area contributed by atoms with Crippen LogP contribution in [0.15, 0.2) is 29.4 Å². The van der Waals surface area contributed by atoms with Gasteiger partial charge in [-0.05, 0) is 11.1 Å². The van der Waals surface area contributed by atoms with Crippen LogP contribution in [0.1, 0.15) is 18.1 Å². The maximum atomic E-state index is 8.55. The molecule has 1 unspecified atom stereocenters. The number of benzene rings is 1. The molecule has 0 fully saturated rings. The van der Waals surface area contributed by atoms with Crippen molar-refractivity contribution in [2.45, 2.75) is 20.1 Å². The van der Waals surface area contributed by atoms with Gasteiger partial charge in [0.15, 0.2) is 0 Å². The lowest BCUT2D eigenvalue weighted by atomic mass is 10.1. The van der Waals surface area contributed by atoms with Crippen LogP contribution in [0.2, 0.25) is 0 Å². The van der Waals surface area contributed by atoms with Gasteiger partial charge in [0.1, 0.15) is 5.84 Å². The largest absolute Gasteiger partial charge is 0.409 e. The van der Waals surface area contributed by atoms with E-state index in [1.54, 1.807) is 7.11 Å². The molecule has 1 aromatic rings. The summed E-state index contributed by atoms with van der Waals surface area (Å²) in [6.07, 6.45) is 0. The Morgan fingerprint density at radius 3 is 2.72 bits per heavy atom. The van der Waals surface area contributed by atoms with Crippen LogP contribution in [0, 0.1) is 5.92 Å². The van der Waals surface area contributed by atoms with Crippen LogP contribution >= 0.6 is 0 Å². The highest BCUT2D eigenvalue weighted by Gasteiger charge is 2.07. The summed E-state index contributed by atoms with van der Waals surface area (Å²) < 4.78 is 5.15. The first-order valence-electron chi connectivity index (χ1n) is 5.93. The number of hydrogen-bond donors (Lipinski definition) is 3. The summed E-state index contributed by atoms with van der Waals surface area (Å²) in [4.78, 5) is 0. The van der Waals surface area contributed by atoms with Gasteiger partial charge in [-0.25, -0.2) is 0 Å². The third kappa shape index (κ3) is 4.35. The Kier molecular flexibility index (Phi) is 6.18. The van der Waals surface area contributed by atoms with Gasteiger partial charge in [-0.1, -0.05) is 36.3 Å². The van der Waals surface area contributed by atoms with Gasteiger partial charge >= 0.3 is 0 Å². The van der Waals surface area contributed by atoms with E-state index in [9.17, 15) is 0 Å². The zero-order valence-corrected chi connectivity index (χ0v) is 10.9.